The van der Waals surface area contributed by atoms with Gasteiger partial charge in [-0.2, -0.15) is 0 Å². The molecule has 0 aliphatic carbocycles. The number of rotatable bonds is 8. The lowest BCUT2D eigenvalue weighted by Crippen LogP contribution is -2.45. The number of carbonyl (C=O) groups excluding carboxylic acids is 2. The number of aryl methyl sites for hydroxylation is 1. The number of hydrogen-bond donors (Lipinski definition) is 3. The van der Waals surface area contributed by atoms with E-state index in [1.807, 2.05) is 60.7 Å². The largest absolute Gasteiger partial charge is 0.387 e. The molecule has 29 heavy (non-hydrogen) atoms. The molecule has 0 radical (unpaired) electrons. The summed E-state index contributed by atoms with van der Waals surface area (Å²) in [5.41, 5.74) is 7.87. The number of carbonyl (C=O) groups is 2. The molecule has 1 fully saturated rings. The van der Waals surface area contributed by atoms with Gasteiger partial charge in [0.1, 0.15) is 6.04 Å². The van der Waals surface area contributed by atoms with Crippen molar-refractivity contribution in [3.05, 3.63) is 71.8 Å². The van der Waals surface area contributed by atoms with Gasteiger partial charge in [0.15, 0.2) is 0 Å². The molecule has 0 saturated carbocycles. The van der Waals surface area contributed by atoms with Crippen molar-refractivity contribution in [1.82, 2.24) is 10.2 Å². The maximum absolute atomic E-state index is 12.8. The van der Waals surface area contributed by atoms with E-state index >= 15 is 0 Å². The van der Waals surface area contributed by atoms with Gasteiger partial charge in [-0.3, -0.25) is 15.0 Å². The third-order valence-corrected chi connectivity index (χ3v) is 5.37. The highest BCUT2D eigenvalue weighted by molar-refractivity contribution is 5.91. The van der Waals surface area contributed by atoms with Gasteiger partial charge in [0.2, 0.25) is 11.8 Å². The van der Waals surface area contributed by atoms with Crippen LogP contribution >= 0.6 is 0 Å². The van der Waals surface area contributed by atoms with Gasteiger partial charge < -0.3 is 16.0 Å². The van der Waals surface area contributed by atoms with Crippen LogP contribution in [0.2, 0.25) is 0 Å². The first-order valence-electron chi connectivity index (χ1n) is 10.0. The molecule has 2 aromatic rings. The molecule has 6 heteroatoms. The maximum atomic E-state index is 12.8. The van der Waals surface area contributed by atoms with Gasteiger partial charge >= 0.3 is 0 Å². The Labute approximate surface area is 171 Å². The molecule has 3 rings (SSSR count). The molecular weight excluding hydrogens is 364 g/mol. The van der Waals surface area contributed by atoms with Crippen LogP contribution in [0, 0.1) is 11.3 Å². The van der Waals surface area contributed by atoms with E-state index in [0.717, 1.165) is 18.4 Å². The summed E-state index contributed by atoms with van der Waals surface area (Å²) in [5.74, 6) is -0.468. The Bertz CT molecular complexity index is 838. The third kappa shape index (κ3) is 5.67. The number of nitrogens with zero attached hydrogens (tertiary/aromatic N) is 1. The molecule has 2 aromatic carbocycles. The fourth-order valence-corrected chi connectivity index (χ4v) is 3.72. The van der Waals surface area contributed by atoms with Crippen molar-refractivity contribution in [3.8, 4) is 0 Å². The first kappa shape index (κ1) is 20.6. The number of likely N-dealkylation sites (tertiary alicyclic amines) is 1. The minimum Gasteiger partial charge on any atom is -0.387 e. The summed E-state index contributed by atoms with van der Waals surface area (Å²) < 4.78 is 0. The van der Waals surface area contributed by atoms with E-state index in [0.29, 0.717) is 25.9 Å². The smallest absolute Gasteiger partial charge is 0.243 e. The van der Waals surface area contributed by atoms with Crippen LogP contribution in [0.4, 0.5) is 0 Å². The summed E-state index contributed by atoms with van der Waals surface area (Å²) in [6, 6.07) is 19.1. The summed E-state index contributed by atoms with van der Waals surface area (Å²) in [6.07, 6.45) is 2.33. The van der Waals surface area contributed by atoms with E-state index in [1.54, 1.807) is 4.90 Å². The van der Waals surface area contributed by atoms with Gasteiger partial charge in [-0.25, -0.2) is 0 Å². The number of amidine groups is 1. The Hall–Kier alpha value is -3.15. The summed E-state index contributed by atoms with van der Waals surface area (Å²) in [6.45, 7) is 0.750. The van der Waals surface area contributed by atoms with Crippen molar-refractivity contribution in [3.63, 3.8) is 0 Å². The zero-order valence-corrected chi connectivity index (χ0v) is 16.5. The normalized spacial score (nSPS) is 18.4. The van der Waals surface area contributed by atoms with Gasteiger partial charge in [0.25, 0.3) is 0 Å². The Morgan fingerprint density at radius 1 is 1.03 bits per heavy atom. The minimum atomic E-state index is -0.572. The molecule has 1 aliphatic rings. The predicted molar refractivity (Wildman–Crippen MR) is 113 cm³/mol. The molecule has 1 unspecified atom stereocenters. The zero-order valence-electron chi connectivity index (χ0n) is 16.5. The molecule has 6 nitrogen and oxygen atoms in total. The van der Waals surface area contributed by atoms with Crippen LogP contribution in [0.15, 0.2) is 60.7 Å². The van der Waals surface area contributed by atoms with E-state index in [4.69, 9.17) is 11.1 Å². The van der Waals surface area contributed by atoms with Crippen LogP contribution in [0.3, 0.4) is 0 Å². The summed E-state index contributed by atoms with van der Waals surface area (Å²) in [4.78, 5) is 27.2. The molecule has 1 aliphatic heterocycles. The monoisotopic (exact) mass is 392 g/mol. The Kier molecular flexibility index (Phi) is 7.00. The second kappa shape index (κ2) is 9.87. The van der Waals surface area contributed by atoms with Crippen molar-refractivity contribution in [2.24, 2.45) is 11.7 Å². The van der Waals surface area contributed by atoms with Crippen LogP contribution in [-0.2, 0) is 22.6 Å². The van der Waals surface area contributed by atoms with E-state index in [9.17, 15) is 9.59 Å². The van der Waals surface area contributed by atoms with Crippen LogP contribution < -0.4 is 11.1 Å². The molecule has 0 bridgehead atoms. The summed E-state index contributed by atoms with van der Waals surface area (Å²) >= 11 is 0. The van der Waals surface area contributed by atoms with Gasteiger partial charge in [-0.1, -0.05) is 60.7 Å². The van der Waals surface area contributed by atoms with E-state index in [-0.39, 0.29) is 23.6 Å². The van der Waals surface area contributed by atoms with Crippen molar-refractivity contribution in [2.75, 3.05) is 6.54 Å². The number of nitrogens with two attached hydrogens (primary N) is 1. The Morgan fingerprint density at radius 3 is 2.28 bits per heavy atom. The number of nitrogens with one attached hydrogen (secondary N) is 2. The standard InChI is InChI=1S/C23H28N4O2/c24-22(25)19-14-20(23(29)26-15-18-10-5-2-6-11-18)27(16-19)21(28)13-7-12-17-8-3-1-4-9-17/h1-6,8-11,19-20H,7,12-16H2,(H3,24,25)(H,26,29)/t19?,20-/m0/s1. The van der Waals surface area contributed by atoms with Crippen molar-refractivity contribution >= 4 is 17.6 Å². The van der Waals surface area contributed by atoms with Crippen LogP contribution in [-0.4, -0.2) is 35.1 Å². The molecule has 0 spiro atoms. The fraction of sp³-hybridized carbons (Fsp3) is 0.348. The molecule has 1 saturated heterocycles. The molecule has 0 aromatic heterocycles. The lowest BCUT2D eigenvalue weighted by molar-refractivity contribution is -0.138. The molecule has 1 heterocycles. The highest BCUT2D eigenvalue weighted by Crippen LogP contribution is 2.25. The maximum Gasteiger partial charge on any atom is 0.243 e. The van der Waals surface area contributed by atoms with Crippen molar-refractivity contribution < 1.29 is 9.59 Å². The van der Waals surface area contributed by atoms with Crippen molar-refractivity contribution in [2.45, 2.75) is 38.3 Å². The van der Waals surface area contributed by atoms with Gasteiger partial charge in [-0.05, 0) is 30.4 Å². The van der Waals surface area contributed by atoms with Gasteiger partial charge in [0, 0.05) is 25.4 Å². The first-order valence-corrected chi connectivity index (χ1v) is 10.0. The first-order chi connectivity index (χ1) is 14.0. The fourth-order valence-electron chi connectivity index (χ4n) is 3.72. The lowest BCUT2D eigenvalue weighted by Gasteiger charge is -2.24. The number of benzene rings is 2. The highest BCUT2D eigenvalue weighted by Gasteiger charge is 2.40. The summed E-state index contributed by atoms with van der Waals surface area (Å²) in [5, 5.41) is 10.7. The number of amides is 2. The zero-order chi connectivity index (χ0) is 20.6. The van der Waals surface area contributed by atoms with E-state index in [2.05, 4.69) is 5.32 Å². The highest BCUT2D eigenvalue weighted by atomic mass is 16.2. The Morgan fingerprint density at radius 2 is 1.66 bits per heavy atom. The molecule has 4 N–H and O–H groups in total. The molecular formula is C23H28N4O2. The van der Waals surface area contributed by atoms with Crippen LogP contribution in [0.25, 0.3) is 0 Å². The SMILES string of the molecule is N=C(N)C1C[C@@H](C(=O)NCc2ccccc2)N(C(=O)CCCc2ccccc2)C1. The molecule has 152 valence electrons. The minimum absolute atomic E-state index is 0.0328. The van der Waals surface area contributed by atoms with Crippen LogP contribution in [0.1, 0.15) is 30.4 Å². The molecule has 2 atom stereocenters. The number of hydrogen-bond acceptors (Lipinski definition) is 3. The van der Waals surface area contributed by atoms with Crippen LogP contribution in [0.5, 0.6) is 0 Å². The third-order valence-electron chi connectivity index (χ3n) is 5.37. The van der Waals surface area contributed by atoms with E-state index < -0.39 is 6.04 Å². The van der Waals surface area contributed by atoms with Gasteiger partial charge in [0.05, 0.1) is 5.84 Å². The van der Waals surface area contributed by atoms with E-state index in [1.165, 1.54) is 5.56 Å². The second-order valence-electron chi connectivity index (χ2n) is 7.49. The lowest BCUT2D eigenvalue weighted by atomic mass is 10.0. The Balaban J connectivity index is 1.58. The van der Waals surface area contributed by atoms with Gasteiger partial charge in [-0.15, -0.1) is 0 Å². The quantitative estimate of drug-likeness (QED) is 0.475. The average molecular weight is 393 g/mol. The molecule has 2 amide bonds. The van der Waals surface area contributed by atoms with Crippen molar-refractivity contribution in [1.29, 1.82) is 5.41 Å². The average Bonchev–Trinajstić information content (AvgIpc) is 3.20. The second-order valence-corrected chi connectivity index (χ2v) is 7.49. The topological polar surface area (TPSA) is 99.3 Å². The summed E-state index contributed by atoms with van der Waals surface area (Å²) in [7, 11) is 0. The predicted octanol–water partition coefficient (Wildman–Crippen LogP) is 2.48.